The molecule has 3 aromatic rings. The number of H-pyrrole nitrogens is 1. The van der Waals surface area contributed by atoms with E-state index in [4.69, 9.17) is 0 Å². The Bertz CT molecular complexity index is 795. The van der Waals surface area contributed by atoms with Crippen molar-refractivity contribution in [1.29, 1.82) is 0 Å². The molecule has 0 saturated heterocycles. The van der Waals surface area contributed by atoms with Crippen molar-refractivity contribution in [3.05, 3.63) is 54.0 Å². The highest BCUT2D eigenvalue weighted by molar-refractivity contribution is 6.03. The summed E-state index contributed by atoms with van der Waals surface area (Å²) in [6.45, 7) is 4.10. The summed E-state index contributed by atoms with van der Waals surface area (Å²) >= 11 is 0. The van der Waals surface area contributed by atoms with Gasteiger partial charge in [0.05, 0.1) is 5.56 Å². The number of amides is 1. The van der Waals surface area contributed by atoms with E-state index in [0.29, 0.717) is 23.0 Å². The first-order valence-electron chi connectivity index (χ1n) is 7.24. The van der Waals surface area contributed by atoms with Gasteiger partial charge in [0, 0.05) is 18.1 Å². The molecule has 0 radical (unpaired) electrons. The van der Waals surface area contributed by atoms with Crippen LogP contribution < -0.4 is 5.32 Å². The van der Waals surface area contributed by atoms with E-state index in [1.807, 2.05) is 18.2 Å². The molecule has 0 unspecified atom stereocenters. The smallest absolute Gasteiger partial charge is 0.259 e. The average molecular weight is 308 g/mol. The second-order valence-electron chi connectivity index (χ2n) is 5.30. The summed E-state index contributed by atoms with van der Waals surface area (Å²) in [5.74, 6) is 0.707. The molecule has 0 atom stereocenters. The van der Waals surface area contributed by atoms with Crippen LogP contribution in [-0.2, 0) is 0 Å². The Labute approximate surface area is 133 Å². The van der Waals surface area contributed by atoms with E-state index >= 15 is 0 Å². The van der Waals surface area contributed by atoms with E-state index in [0.717, 1.165) is 5.69 Å². The molecule has 7 heteroatoms. The molecular formula is C16H16N6O. The highest BCUT2D eigenvalue weighted by Gasteiger charge is 2.12. The van der Waals surface area contributed by atoms with Crippen LogP contribution in [0.1, 0.15) is 35.8 Å². The minimum Gasteiger partial charge on any atom is -0.289 e. The van der Waals surface area contributed by atoms with E-state index in [-0.39, 0.29) is 11.9 Å². The van der Waals surface area contributed by atoms with Crippen molar-refractivity contribution in [2.24, 2.45) is 0 Å². The predicted molar refractivity (Wildman–Crippen MR) is 85.9 cm³/mol. The third kappa shape index (κ3) is 3.39. The van der Waals surface area contributed by atoms with Gasteiger partial charge in [0.25, 0.3) is 5.91 Å². The Hall–Kier alpha value is -3.09. The summed E-state index contributed by atoms with van der Waals surface area (Å²) in [4.78, 5) is 24.8. The quantitative estimate of drug-likeness (QED) is 0.772. The van der Waals surface area contributed by atoms with Crippen molar-refractivity contribution in [2.45, 2.75) is 19.8 Å². The van der Waals surface area contributed by atoms with Gasteiger partial charge >= 0.3 is 0 Å². The second-order valence-corrected chi connectivity index (χ2v) is 5.30. The Balaban J connectivity index is 1.72. The molecule has 2 N–H and O–H groups in total. The lowest BCUT2D eigenvalue weighted by Crippen LogP contribution is -2.13. The van der Waals surface area contributed by atoms with Gasteiger partial charge in [-0.2, -0.15) is 4.98 Å². The van der Waals surface area contributed by atoms with Gasteiger partial charge in [-0.3, -0.25) is 25.2 Å². The van der Waals surface area contributed by atoms with Crippen molar-refractivity contribution >= 4 is 11.9 Å². The standard InChI is InChI=1S/C16H16N6O/c1-10(2)12-7-6-11(9-18-12)15(23)20-16-19-14(21-22-16)13-5-3-4-8-17-13/h3-10H,1-2H3,(H2,19,20,21,22,23). The SMILES string of the molecule is CC(C)c1ccc(C(=O)Nc2n[nH]c(-c3ccccn3)n2)cn1. The number of nitrogens with zero attached hydrogens (tertiary/aromatic N) is 4. The maximum absolute atomic E-state index is 12.2. The molecule has 3 heterocycles. The average Bonchev–Trinajstić information content (AvgIpc) is 3.04. The number of carbonyl (C=O) groups is 1. The van der Waals surface area contributed by atoms with Crippen molar-refractivity contribution in [1.82, 2.24) is 25.1 Å². The summed E-state index contributed by atoms with van der Waals surface area (Å²) in [6.07, 6.45) is 3.22. The molecule has 0 aliphatic heterocycles. The van der Waals surface area contributed by atoms with Gasteiger partial charge in [0.15, 0.2) is 5.82 Å². The highest BCUT2D eigenvalue weighted by atomic mass is 16.1. The van der Waals surface area contributed by atoms with Gasteiger partial charge < -0.3 is 0 Å². The fourth-order valence-corrected chi connectivity index (χ4v) is 1.99. The molecule has 7 nitrogen and oxygen atoms in total. The summed E-state index contributed by atoms with van der Waals surface area (Å²) < 4.78 is 0. The highest BCUT2D eigenvalue weighted by Crippen LogP contribution is 2.14. The van der Waals surface area contributed by atoms with Crippen LogP contribution in [0.15, 0.2) is 42.7 Å². The zero-order valence-electron chi connectivity index (χ0n) is 12.8. The van der Waals surface area contributed by atoms with Gasteiger partial charge in [-0.15, -0.1) is 5.10 Å². The van der Waals surface area contributed by atoms with Crippen molar-refractivity contribution in [3.63, 3.8) is 0 Å². The largest absolute Gasteiger partial charge is 0.289 e. The lowest BCUT2D eigenvalue weighted by Gasteiger charge is -2.05. The molecule has 0 aliphatic rings. The van der Waals surface area contributed by atoms with Crippen molar-refractivity contribution in [3.8, 4) is 11.5 Å². The molecule has 0 spiro atoms. The van der Waals surface area contributed by atoms with Crippen LogP contribution in [0.3, 0.4) is 0 Å². The minimum atomic E-state index is -0.306. The Morgan fingerprint density at radius 2 is 2.04 bits per heavy atom. The van der Waals surface area contributed by atoms with Crippen LogP contribution in [0.2, 0.25) is 0 Å². The van der Waals surface area contributed by atoms with Crippen molar-refractivity contribution < 1.29 is 4.79 Å². The summed E-state index contributed by atoms with van der Waals surface area (Å²) in [6, 6.07) is 9.06. The third-order valence-electron chi connectivity index (χ3n) is 3.26. The number of aromatic nitrogens is 5. The Morgan fingerprint density at radius 3 is 2.70 bits per heavy atom. The predicted octanol–water partition coefficient (Wildman–Crippen LogP) is 2.64. The van der Waals surface area contributed by atoms with Gasteiger partial charge in [-0.1, -0.05) is 19.9 Å². The number of rotatable bonds is 4. The van der Waals surface area contributed by atoms with Gasteiger partial charge in [-0.05, 0) is 30.2 Å². The lowest BCUT2D eigenvalue weighted by atomic mass is 10.1. The van der Waals surface area contributed by atoms with E-state index in [1.165, 1.54) is 0 Å². The molecule has 1 amide bonds. The fraction of sp³-hybridized carbons (Fsp3) is 0.188. The van der Waals surface area contributed by atoms with E-state index in [2.05, 4.69) is 44.3 Å². The van der Waals surface area contributed by atoms with Crippen LogP contribution in [0, 0.1) is 0 Å². The van der Waals surface area contributed by atoms with Gasteiger partial charge in [-0.25, -0.2) is 0 Å². The summed E-state index contributed by atoms with van der Waals surface area (Å²) in [7, 11) is 0. The van der Waals surface area contributed by atoms with Crippen LogP contribution in [0.5, 0.6) is 0 Å². The van der Waals surface area contributed by atoms with E-state index in [9.17, 15) is 4.79 Å². The molecule has 116 valence electrons. The second kappa shape index (κ2) is 6.35. The lowest BCUT2D eigenvalue weighted by molar-refractivity contribution is 0.102. The van der Waals surface area contributed by atoms with E-state index in [1.54, 1.807) is 24.5 Å². The molecule has 0 aromatic carbocycles. The third-order valence-corrected chi connectivity index (χ3v) is 3.26. The zero-order chi connectivity index (χ0) is 16.2. The van der Waals surface area contributed by atoms with Gasteiger partial charge in [0.2, 0.25) is 5.95 Å². The zero-order valence-corrected chi connectivity index (χ0v) is 12.8. The number of anilines is 1. The number of aromatic amines is 1. The molecule has 3 rings (SSSR count). The topological polar surface area (TPSA) is 96.5 Å². The van der Waals surface area contributed by atoms with Crippen LogP contribution in [-0.4, -0.2) is 31.1 Å². The number of pyridine rings is 2. The normalized spacial score (nSPS) is 10.7. The molecule has 23 heavy (non-hydrogen) atoms. The molecule has 0 saturated carbocycles. The van der Waals surface area contributed by atoms with Crippen molar-refractivity contribution in [2.75, 3.05) is 5.32 Å². The minimum absolute atomic E-state index is 0.198. The monoisotopic (exact) mass is 308 g/mol. The van der Waals surface area contributed by atoms with Crippen LogP contribution in [0.25, 0.3) is 11.5 Å². The van der Waals surface area contributed by atoms with Gasteiger partial charge in [0.1, 0.15) is 5.69 Å². The number of hydrogen-bond acceptors (Lipinski definition) is 5. The van der Waals surface area contributed by atoms with Crippen LogP contribution in [0.4, 0.5) is 5.95 Å². The molecule has 0 bridgehead atoms. The van der Waals surface area contributed by atoms with Crippen LogP contribution >= 0.6 is 0 Å². The first kappa shape index (κ1) is 14.8. The Morgan fingerprint density at radius 1 is 1.17 bits per heavy atom. The maximum Gasteiger partial charge on any atom is 0.259 e. The Kier molecular flexibility index (Phi) is 4.09. The fourth-order valence-electron chi connectivity index (χ4n) is 1.99. The first-order chi connectivity index (χ1) is 11.1. The first-order valence-corrected chi connectivity index (χ1v) is 7.24. The number of nitrogens with one attached hydrogen (secondary N) is 2. The molecule has 3 aromatic heterocycles. The summed E-state index contributed by atoms with van der Waals surface area (Å²) in [5, 5.41) is 9.36. The molecule has 0 fully saturated rings. The number of hydrogen-bond donors (Lipinski definition) is 2. The molecular weight excluding hydrogens is 292 g/mol. The maximum atomic E-state index is 12.2. The summed E-state index contributed by atoms with van der Waals surface area (Å²) in [5.41, 5.74) is 2.05. The molecule has 0 aliphatic carbocycles. The number of carbonyl (C=O) groups excluding carboxylic acids is 1. The van der Waals surface area contributed by atoms with E-state index < -0.39 is 0 Å².